The zero-order valence-electron chi connectivity index (χ0n) is 37.4. The zero-order valence-corrected chi connectivity index (χ0v) is 37.4. The van der Waals surface area contributed by atoms with E-state index in [1.807, 2.05) is 91.0 Å². The molecule has 0 radical (unpaired) electrons. The Morgan fingerprint density at radius 1 is 0.687 bits per heavy atom. The molecule has 0 unspecified atom stereocenters. The maximum absolute atomic E-state index is 13.4. The maximum Gasteiger partial charge on any atom is 0.333 e. The lowest BCUT2D eigenvalue weighted by molar-refractivity contribution is -0.336. The predicted octanol–water partition coefficient (Wildman–Crippen LogP) is 3.54. The first kappa shape index (κ1) is 49.7. The van der Waals surface area contributed by atoms with E-state index in [0.29, 0.717) is 0 Å². The molecule has 1 N–H and O–H groups in total. The molecule has 67 heavy (non-hydrogen) atoms. The highest BCUT2D eigenvalue weighted by Crippen LogP contribution is 2.36. The number of azide groups is 1. The van der Waals surface area contributed by atoms with Crippen molar-refractivity contribution in [3.05, 3.63) is 145 Å². The standard InChI is InChI=1S/C46H52N6O15/c1-27(53)60-26-35-39(63-28(2)54)41(64-29(3)55)36(48-21-33-42(56)51(4)46(58)52(5)43(33)57)45(66-35)67-38-34(25-59-22-30-15-9-6-10-16-30)65-44(62-24-32-19-13-8-14-20-32)37(49-50-47)40(38)61-23-31-17-11-7-12-18-31/h6-21,34-41,44-45,56H,22-26H2,1-5H3/t34-,35-,36-,37-,38-,39-,40-,41-,44-,45+/m1/s1. The summed E-state index contributed by atoms with van der Waals surface area (Å²) in [5.74, 6) is -3.18. The highest BCUT2D eigenvalue weighted by atomic mass is 16.7. The number of aromatic hydroxyl groups is 1. The molecule has 2 fully saturated rings. The lowest BCUT2D eigenvalue weighted by Crippen LogP contribution is -2.65. The Bertz CT molecular complexity index is 2500. The Morgan fingerprint density at radius 3 is 1.79 bits per heavy atom. The summed E-state index contributed by atoms with van der Waals surface area (Å²) in [4.78, 5) is 71.5. The number of nitrogens with zero attached hydrogens (tertiary/aromatic N) is 6. The van der Waals surface area contributed by atoms with Gasteiger partial charge in [0.05, 0.1) is 26.4 Å². The Morgan fingerprint density at radius 2 is 1.22 bits per heavy atom. The zero-order chi connectivity index (χ0) is 48.0. The number of carbonyl (C=O) groups excluding carboxylic acids is 3. The number of esters is 3. The quantitative estimate of drug-likeness (QED) is 0.0352. The minimum atomic E-state index is -1.70. The normalized spacial score (nSPS) is 24.9. The molecule has 0 bridgehead atoms. The Labute approximate surface area is 384 Å². The van der Waals surface area contributed by atoms with Crippen molar-refractivity contribution in [2.24, 2.45) is 24.2 Å². The van der Waals surface area contributed by atoms with Crippen molar-refractivity contribution in [2.75, 3.05) is 13.2 Å². The third-order valence-electron chi connectivity index (χ3n) is 10.7. The van der Waals surface area contributed by atoms with Crippen LogP contribution < -0.4 is 11.2 Å². The van der Waals surface area contributed by atoms with Gasteiger partial charge in [-0.05, 0) is 22.2 Å². The van der Waals surface area contributed by atoms with Crippen LogP contribution in [0.4, 0.5) is 0 Å². The summed E-state index contributed by atoms with van der Waals surface area (Å²) in [5, 5.41) is 15.1. The van der Waals surface area contributed by atoms with E-state index < -0.39 is 108 Å². The predicted molar refractivity (Wildman–Crippen MR) is 235 cm³/mol. The van der Waals surface area contributed by atoms with Gasteiger partial charge in [0.25, 0.3) is 5.56 Å². The SMILES string of the molecule is CC(=O)OC[C@H]1O[C@@H](O[C@H]2[C@H](OCc3ccccc3)[C@@H](N=[N+]=[N-])[C@H](OCc3ccccc3)O[C@@H]2COCc2ccccc2)[C@H](N=Cc2c(O)n(C)c(=O)n(C)c2=O)[C@@H](OC(C)=O)[C@@H]1OC(C)=O. The molecule has 1 aromatic heterocycles. The Hall–Kier alpha value is -6.71. The molecule has 0 spiro atoms. The molecule has 2 aliphatic rings. The minimum Gasteiger partial charge on any atom is -0.494 e. The van der Waals surface area contributed by atoms with Gasteiger partial charge in [0, 0.05) is 46.0 Å². The van der Waals surface area contributed by atoms with Gasteiger partial charge in [-0.3, -0.25) is 33.3 Å². The molecular weight excluding hydrogens is 877 g/mol. The van der Waals surface area contributed by atoms with Crippen LogP contribution in [-0.4, -0.2) is 113 Å². The third-order valence-corrected chi connectivity index (χ3v) is 10.7. The van der Waals surface area contributed by atoms with Crippen LogP contribution in [0.2, 0.25) is 0 Å². The van der Waals surface area contributed by atoms with Gasteiger partial charge >= 0.3 is 23.6 Å². The summed E-state index contributed by atoms with van der Waals surface area (Å²) in [6.07, 6.45) is -10.2. The lowest BCUT2D eigenvalue weighted by atomic mass is 9.94. The van der Waals surface area contributed by atoms with Crippen LogP contribution in [0.15, 0.2) is 111 Å². The average Bonchev–Trinajstić information content (AvgIpc) is 3.31. The molecule has 21 nitrogen and oxygen atoms in total. The van der Waals surface area contributed by atoms with Crippen LogP contribution in [-0.2, 0) is 90.9 Å². The highest BCUT2D eigenvalue weighted by molar-refractivity contribution is 5.82. The summed E-state index contributed by atoms with van der Waals surface area (Å²) < 4.78 is 57.5. The van der Waals surface area contributed by atoms with Crippen molar-refractivity contribution in [1.82, 2.24) is 9.13 Å². The van der Waals surface area contributed by atoms with Gasteiger partial charge in [-0.15, -0.1) is 0 Å². The Kier molecular flexibility index (Phi) is 17.6. The molecule has 2 aliphatic heterocycles. The van der Waals surface area contributed by atoms with Crippen molar-refractivity contribution in [2.45, 2.75) is 102 Å². The number of hydrogen-bond acceptors (Lipinski definition) is 17. The molecule has 0 aliphatic carbocycles. The van der Waals surface area contributed by atoms with E-state index >= 15 is 0 Å². The second-order valence-electron chi connectivity index (χ2n) is 15.6. The monoisotopic (exact) mass is 928 g/mol. The van der Waals surface area contributed by atoms with E-state index in [2.05, 4.69) is 15.0 Å². The number of aliphatic imine (C=N–C) groups is 1. The number of ether oxygens (including phenoxy) is 9. The summed E-state index contributed by atoms with van der Waals surface area (Å²) in [6, 6.07) is 24.8. The first-order valence-corrected chi connectivity index (χ1v) is 21.2. The topological polar surface area (TPSA) is 260 Å². The van der Waals surface area contributed by atoms with Gasteiger partial charge in [0.15, 0.2) is 24.8 Å². The van der Waals surface area contributed by atoms with E-state index in [0.717, 1.165) is 52.8 Å². The van der Waals surface area contributed by atoms with Gasteiger partial charge in [-0.25, -0.2) is 4.79 Å². The second-order valence-corrected chi connectivity index (χ2v) is 15.6. The molecule has 2 saturated heterocycles. The van der Waals surface area contributed by atoms with Crippen LogP contribution in [0.5, 0.6) is 5.88 Å². The van der Waals surface area contributed by atoms with Gasteiger partial charge < -0.3 is 47.7 Å². The summed E-state index contributed by atoms with van der Waals surface area (Å²) >= 11 is 0. The van der Waals surface area contributed by atoms with Crippen LogP contribution in [0, 0.1) is 0 Å². The fourth-order valence-electron chi connectivity index (χ4n) is 7.53. The van der Waals surface area contributed by atoms with Crippen molar-refractivity contribution >= 4 is 24.1 Å². The maximum atomic E-state index is 13.4. The molecular formula is C46H52N6O15. The van der Waals surface area contributed by atoms with E-state index in [9.17, 15) is 34.6 Å². The van der Waals surface area contributed by atoms with Crippen LogP contribution in [0.1, 0.15) is 43.0 Å². The number of benzene rings is 3. The van der Waals surface area contributed by atoms with Gasteiger partial charge in [0.2, 0.25) is 5.88 Å². The number of aromatic nitrogens is 2. The summed E-state index contributed by atoms with van der Waals surface area (Å²) in [6.45, 7) is 2.75. The van der Waals surface area contributed by atoms with Crippen LogP contribution >= 0.6 is 0 Å². The average molecular weight is 929 g/mol. The van der Waals surface area contributed by atoms with Crippen LogP contribution in [0.25, 0.3) is 10.4 Å². The van der Waals surface area contributed by atoms with Gasteiger partial charge in [-0.1, -0.05) is 96.1 Å². The molecule has 3 heterocycles. The van der Waals surface area contributed by atoms with Crippen molar-refractivity contribution in [3.8, 4) is 5.88 Å². The van der Waals surface area contributed by atoms with Crippen molar-refractivity contribution in [3.63, 3.8) is 0 Å². The van der Waals surface area contributed by atoms with Gasteiger partial charge in [0.1, 0.15) is 48.7 Å². The number of carbonyl (C=O) groups is 3. The first-order chi connectivity index (χ1) is 32.2. The molecule has 356 valence electrons. The molecule has 3 aromatic carbocycles. The highest BCUT2D eigenvalue weighted by Gasteiger charge is 2.55. The van der Waals surface area contributed by atoms with E-state index in [1.54, 1.807) is 0 Å². The molecule has 10 atom stereocenters. The summed E-state index contributed by atoms with van der Waals surface area (Å²) in [7, 11) is 2.43. The number of rotatable bonds is 19. The van der Waals surface area contributed by atoms with E-state index in [4.69, 9.17) is 42.6 Å². The first-order valence-electron chi connectivity index (χ1n) is 21.2. The molecule has 21 heteroatoms. The number of hydrogen-bond donors (Lipinski definition) is 1. The molecule has 0 saturated carbocycles. The van der Waals surface area contributed by atoms with Crippen molar-refractivity contribution in [1.29, 1.82) is 0 Å². The summed E-state index contributed by atoms with van der Waals surface area (Å²) in [5.41, 5.74) is 10.2. The van der Waals surface area contributed by atoms with E-state index in [1.165, 1.54) is 14.1 Å². The smallest absolute Gasteiger partial charge is 0.333 e. The van der Waals surface area contributed by atoms with Gasteiger partial charge in [-0.2, -0.15) is 0 Å². The largest absolute Gasteiger partial charge is 0.494 e. The molecule has 6 rings (SSSR count). The lowest BCUT2D eigenvalue weighted by Gasteiger charge is -2.48. The molecule has 0 amide bonds. The van der Waals surface area contributed by atoms with E-state index in [-0.39, 0.29) is 26.4 Å². The minimum absolute atomic E-state index is 0.0338. The fraction of sp³-hybridized carbons (Fsp3) is 0.435. The van der Waals surface area contributed by atoms with Crippen LogP contribution in [0.3, 0.4) is 0 Å². The molecule has 4 aromatic rings. The fourth-order valence-corrected chi connectivity index (χ4v) is 7.53. The third kappa shape index (κ3) is 13.0. The second kappa shape index (κ2) is 23.7. The van der Waals surface area contributed by atoms with Crippen molar-refractivity contribution < 1.29 is 62.1 Å². The Balaban J connectivity index is 1.49.